The largest absolute Gasteiger partial charge is 0.396 e. The van der Waals surface area contributed by atoms with Crippen molar-refractivity contribution >= 4 is 17.2 Å². The van der Waals surface area contributed by atoms with E-state index >= 15 is 0 Å². The zero-order valence-corrected chi connectivity index (χ0v) is 6.86. The summed E-state index contributed by atoms with van der Waals surface area (Å²) in [4.78, 5) is 3.88. The summed E-state index contributed by atoms with van der Waals surface area (Å²) in [6.07, 6.45) is 4.94. The fourth-order valence-electron chi connectivity index (χ4n) is 0.991. The number of nitrogen functional groups attached to an aromatic ring is 1. The zero-order valence-electron chi connectivity index (χ0n) is 6.86. The molecule has 0 saturated heterocycles. The molecular formula is C8H9N5. The maximum Gasteiger partial charge on any atom is 0.125 e. The number of nitrogens with two attached hydrogens (primary N) is 1. The Bertz CT molecular complexity index is 381. The van der Waals surface area contributed by atoms with Crippen molar-refractivity contribution in [3.63, 3.8) is 0 Å². The molecule has 66 valence electrons. The highest BCUT2D eigenvalue weighted by atomic mass is 15.2. The number of nitrogens with zero attached hydrogens (tertiary/aromatic N) is 2. The minimum absolute atomic E-state index is 0.608. The topological polar surface area (TPSA) is 79.6 Å². The van der Waals surface area contributed by atoms with Gasteiger partial charge in [0.25, 0.3) is 0 Å². The molecule has 2 aromatic rings. The predicted molar refractivity (Wildman–Crippen MR) is 50.5 cm³/mol. The van der Waals surface area contributed by atoms with E-state index < -0.39 is 0 Å². The molecule has 0 aliphatic carbocycles. The first-order valence-corrected chi connectivity index (χ1v) is 3.82. The molecule has 0 aromatic carbocycles. The van der Waals surface area contributed by atoms with Crippen molar-refractivity contribution in [1.29, 1.82) is 0 Å². The monoisotopic (exact) mass is 175 g/mol. The van der Waals surface area contributed by atoms with Crippen LogP contribution in [0.2, 0.25) is 0 Å². The fraction of sp³-hybridized carbons (Fsp3) is 0. The van der Waals surface area contributed by atoms with Gasteiger partial charge < -0.3 is 11.1 Å². The van der Waals surface area contributed by atoms with Gasteiger partial charge in [-0.1, -0.05) is 0 Å². The van der Waals surface area contributed by atoms with Crippen LogP contribution in [0.25, 0.3) is 0 Å². The smallest absolute Gasteiger partial charge is 0.125 e. The van der Waals surface area contributed by atoms with Gasteiger partial charge in [-0.15, -0.1) is 0 Å². The molecule has 0 spiro atoms. The molecule has 0 atom stereocenters. The molecule has 13 heavy (non-hydrogen) atoms. The summed E-state index contributed by atoms with van der Waals surface area (Å²) >= 11 is 0. The lowest BCUT2D eigenvalue weighted by molar-refractivity contribution is 1.09. The highest BCUT2D eigenvalue weighted by Crippen LogP contribution is 2.19. The van der Waals surface area contributed by atoms with Crippen LogP contribution in [-0.2, 0) is 0 Å². The molecule has 0 saturated carbocycles. The molecule has 0 aliphatic rings. The van der Waals surface area contributed by atoms with Gasteiger partial charge in [-0.2, -0.15) is 5.10 Å². The second-order valence-corrected chi connectivity index (χ2v) is 2.56. The second kappa shape index (κ2) is 3.14. The molecule has 4 N–H and O–H groups in total. The Hall–Kier alpha value is -2.04. The highest BCUT2D eigenvalue weighted by Gasteiger charge is 1.98. The Kier molecular flexibility index (Phi) is 1.84. The standard InChI is InChI=1S/C8H9N5/c9-6-5-10-3-1-7(6)12-8-2-4-11-13-8/h1-5H,9H2,(H2,10,11,12,13). The van der Waals surface area contributed by atoms with Gasteiger partial charge in [-0.3, -0.25) is 10.1 Å². The van der Waals surface area contributed by atoms with Crippen LogP contribution in [0.5, 0.6) is 0 Å². The van der Waals surface area contributed by atoms with E-state index in [1.807, 2.05) is 6.07 Å². The quantitative estimate of drug-likeness (QED) is 0.639. The first-order chi connectivity index (χ1) is 6.36. The summed E-state index contributed by atoms with van der Waals surface area (Å²) in [6, 6.07) is 3.62. The third-order valence-corrected chi connectivity index (χ3v) is 1.62. The summed E-state index contributed by atoms with van der Waals surface area (Å²) in [5.41, 5.74) is 7.11. The van der Waals surface area contributed by atoms with E-state index in [0.29, 0.717) is 5.69 Å². The van der Waals surface area contributed by atoms with E-state index in [0.717, 1.165) is 11.5 Å². The molecule has 0 radical (unpaired) electrons. The summed E-state index contributed by atoms with van der Waals surface area (Å²) in [5.74, 6) is 0.804. The fourth-order valence-corrected chi connectivity index (χ4v) is 0.991. The van der Waals surface area contributed by atoms with Gasteiger partial charge in [0.05, 0.1) is 23.8 Å². The van der Waals surface area contributed by atoms with Crippen molar-refractivity contribution in [2.75, 3.05) is 11.1 Å². The third kappa shape index (κ3) is 1.58. The molecule has 2 rings (SSSR count). The van der Waals surface area contributed by atoms with Crippen LogP contribution < -0.4 is 11.1 Å². The van der Waals surface area contributed by atoms with E-state index in [4.69, 9.17) is 5.73 Å². The predicted octanol–water partition coefficient (Wildman–Crippen LogP) is 1.13. The van der Waals surface area contributed by atoms with E-state index in [1.54, 1.807) is 24.7 Å². The Morgan fingerprint density at radius 1 is 1.31 bits per heavy atom. The zero-order chi connectivity index (χ0) is 9.10. The molecule has 5 heteroatoms. The van der Waals surface area contributed by atoms with Crippen molar-refractivity contribution in [1.82, 2.24) is 15.2 Å². The summed E-state index contributed by atoms with van der Waals surface area (Å²) in [5, 5.41) is 9.65. The summed E-state index contributed by atoms with van der Waals surface area (Å²) < 4.78 is 0. The minimum Gasteiger partial charge on any atom is -0.396 e. The normalized spacial score (nSPS) is 9.85. The number of rotatable bonds is 2. The average molecular weight is 175 g/mol. The second-order valence-electron chi connectivity index (χ2n) is 2.56. The number of H-pyrrole nitrogens is 1. The van der Waals surface area contributed by atoms with Gasteiger partial charge in [-0.25, -0.2) is 0 Å². The first kappa shape index (κ1) is 7.60. The lowest BCUT2D eigenvalue weighted by Gasteiger charge is -2.04. The highest BCUT2D eigenvalue weighted by molar-refractivity contribution is 5.69. The Morgan fingerprint density at radius 2 is 2.23 bits per heavy atom. The molecule has 5 nitrogen and oxygen atoms in total. The molecule has 0 fully saturated rings. The van der Waals surface area contributed by atoms with Crippen LogP contribution in [-0.4, -0.2) is 15.2 Å². The van der Waals surface area contributed by atoms with Gasteiger partial charge in [-0.05, 0) is 6.07 Å². The maximum absolute atomic E-state index is 5.68. The Labute approximate surface area is 75.0 Å². The third-order valence-electron chi connectivity index (χ3n) is 1.62. The van der Waals surface area contributed by atoms with Crippen LogP contribution in [0, 0.1) is 0 Å². The number of aromatic amines is 1. The van der Waals surface area contributed by atoms with E-state index in [2.05, 4.69) is 20.5 Å². The van der Waals surface area contributed by atoms with Crippen molar-refractivity contribution in [3.05, 3.63) is 30.7 Å². The Balaban J connectivity index is 2.24. The minimum atomic E-state index is 0.608. The van der Waals surface area contributed by atoms with Crippen LogP contribution >= 0.6 is 0 Å². The average Bonchev–Trinajstić information content (AvgIpc) is 2.61. The van der Waals surface area contributed by atoms with Gasteiger partial charge >= 0.3 is 0 Å². The van der Waals surface area contributed by atoms with E-state index in [9.17, 15) is 0 Å². The van der Waals surface area contributed by atoms with Crippen molar-refractivity contribution in [2.45, 2.75) is 0 Å². The number of hydrogen-bond donors (Lipinski definition) is 3. The summed E-state index contributed by atoms with van der Waals surface area (Å²) in [7, 11) is 0. The lowest BCUT2D eigenvalue weighted by Crippen LogP contribution is -1.96. The van der Waals surface area contributed by atoms with Gasteiger partial charge in [0.15, 0.2) is 0 Å². The lowest BCUT2D eigenvalue weighted by atomic mass is 10.3. The SMILES string of the molecule is Nc1cnccc1Nc1ccn[nH]1. The van der Waals surface area contributed by atoms with Gasteiger partial charge in [0.1, 0.15) is 5.82 Å². The number of hydrogen-bond acceptors (Lipinski definition) is 4. The van der Waals surface area contributed by atoms with Crippen molar-refractivity contribution < 1.29 is 0 Å². The summed E-state index contributed by atoms with van der Waals surface area (Å²) in [6.45, 7) is 0. The van der Waals surface area contributed by atoms with Gasteiger partial charge in [0.2, 0.25) is 0 Å². The van der Waals surface area contributed by atoms with Crippen LogP contribution in [0.3, 0.4) is 0 Å². The molecule has 0 unspecified atom stereocenters. The van der Waals surface area contributed by atoms with Crippen LogP contribution in [0.15, 0.2) is 30.7 Å². The molecule has 0 amide bonds. The van der Waals surface area contributed by atoms with Crippen molar-refractivity contribution in [3.8, 4) is 0 Å². The molecule has 0 bridgehead atoms. The molecule has 2 heterocycles. The van der Waals surface area contributed by atoms with E-state index in [-0.39, 0.29) is 0 Å². The number of nitrogens with one attached hydrogen (secondary N) is 2. The van der Waals surface area contributed by atoms with Crippen LogP contribution in [0.4, 0.5) is 17.2 Å². The molecule has 0 aliphatic heterocycles. The number of anilines is 3. The Morgan fingerprint density at radius 3 is 2.92 bits per heavy atom. The number of aromatic nitrogens is 3. The molecule has 2 aromatic heterocycles. The molecular weight excluding hydrogens is 166 g/mol. The van der Waals surface area contributed by atoms with Crippen molar-refractivity contribution in [2.24, 2.45) is 0 Å². The van der Waals surface area contributed by atoms with E-state index in [1.165, 1.54) is 0 Å². The number of pyridine rings is 1. The van der Waals surface area contributed by atoms with Crippen LogP contribution in [0.1, 0.15) is 0 Å². The first-order valence-electron chi connectivity index (χ1n) is 3.82. The maximum atomic E-state index is 5.68. The van der Waals surface area contributed by atoms with Gasteiger partial charge in [0, 0.05) is 12.3 Å².